The summed E-state index contributed by atoms with van der Waals surface area (Å²) in [4.78, 5) is 25.8. The van der Waals surface area contributed by atoms with Crippen molar-refractivity contribution in [2.45, 2.75) is 6.10 Å². The van der Waals surface area contributed by atoms with Crippen molar-refractivity contribution in [3.05, 3.63) is 23.9 Å². The number of pyridine rings is 1. The van der Waals surface area contributed by atoms with Crippen LogP contribution in [0.1, 0.15) is 10.4 Å². The lowest BCUT2D eigenvalue weighted by Crippen LogP contribution is -2.36. The normalized spacial score (nSPS) is 11.6. The number of nitrogens with one attached hydrogen (secondary N) is 1. The first-order chi connectivity index (χ1) is 8.06. The van der Waals surface area contributed by atoms with Gasteiger partial charge in [-0.15, -0.1) is 0 Å². The van der Waals surface area contributed by atoms with Gasteiger partial charge in [0.2, 0.25) is 5.88 Å². The molecule has 0 aliphatic heterocycles. The lowest BCUT2D eigenvalue weighted by Gasteiger charge is -2.09. The minimum Gasteiger partial charge on any atom is -0.480 e. The summed E-state index contributed by atoms with van der Waals surface area (Å²) in [6, 6.07) is 3.03. The first-order valence-corrected chi connectivity index (χ1v) is 4.74. The number of carboxylic acids is 1. The number of aromatic nitrogens is 1. The fraction of sp³-hybridized carbons (Fsp3) is 0.300. The standard InChI is InChI=1S/C10H12N2O5/c1-17-9-6(3-2-4-11-9)8(14)12-5-7(13)10(15)16/h2-4,7,13H,5H2,1H3,(H,12,14)(H,15,16)/t7-/m0/s1. The van der Waals surface area contributed by atoms with Crippen LogP contribution < -0.4 is 10.1 Å². The Labute approximate surface area is 97.1 Å². The van der Waals surface area contributed by atoms with Crippen LogP contribution in [0.3, 0.4) is 0 Å². The van der Waals surface area contributed by atoms with Crippen molar-refractivity contribution in [3.8, 4) is 5.88 Å². The Balaban J connectivity index is 2.67. The minimum absolute atomic E-state index is 0.134. The van der Waals surface area contributed by atoms with E-state index in [0.717, 1.165) is 0 Å². The van der Waals surface area contributed by atoms with Gasteiger partial charge in [0.1, 0.15) is 5.56 Å². The topological polar surface area (TPSA) is 109 Å². The van der Waals surface area contributed by atoms with Crippen LogP contribution in [0.15, 0.2) is 18.3 Å². The van der Waals surface area contributed by atoms with E-state index in [4.69, 9.17) is 14.9 Å². The van der Waals surface area contributed by atoms with Gasteiger partial charge in [0.15, 0.2) is 6.10 Å². The molecule has 0 bridgehead atoms. The predicted molar refractivity (Wildman–Crippen MR) is 56.8 cm³/mol. The second kappa shape index (κ2) is 5.80. The Morgan fingerprint density at radius 1 is 1.59 bits per heavy atom. The van der Waals surface area contributed by atoms with E-state index < -0.39 is 18.0 Å². The minimum atomic E-state index is -1.64. The molecule has 3 N–H and O–H groups in total. The van der Waals surface area contributed by atoms with Crippen molar-refractivity contribution in [1.29, 1.82) is 0 Å². The highest BCUT2D eigenvalue weighted by Crippen LogP contribution is 2.12. The van der Waals surface area contributed by atoms with Gasteiger partial charge in [-0.1, -0.05) is 0 Å². The lowest BCUT2D eigenvalue weighted by atomic mass is 10.2. The molecule has 1 aromatic heterocycles. The molecule has 1 rings (SSSR count). The number of hydrogen-bond acceptors (Lipinski definition) is 5. The Morgan fingerprint density at radius 3 is 2.88 bits per heavy atom. The molecule has 0 saturated carbocycles. The Kier molecular flexibility index (Phi) is 4.41. The molecule has 0 aromatic carbocycles. The largest absolute Gasteiger partial charge is 0.480 e. The summed E-state index contributed by atoms with van der Waals surface area (Å²) in [6.45, 7) is -0.383. The Morgan fingerprint density at radius 2 is 2.29 bits per heavy atom. The maximum absolute atomic E-state index is 11.6. The van der Waals surface area contributed by atoms with Crippen molar-refractivity contribution < 1.29 is 24.5 Å². The number of nitrogens with zero attached hydrogens (tertiary/aromatic N) is 1. The number of hydrogen-bond donors (Lipinski definition) is 3. The van der Waals surface area contributed by atoms with E-state index in [2.05, 4.69) is 10.3 Å². The first kappa shape index (κ1) is 12.9. The van der Waals surface area contributed by atoms with Crippen molar-refractivity contribution >= 4 is 11.9 Å². The van der Waals surface area contributed by atoms with Gasteiger partial charge in [0, 0.05) is 6.20 Å². The zero-order valence-electron chi connectivity index (χ0n) is 9.08. The molecule has 0 spiro atoms. The van der Waals surface area contributed by atoms with E-state index in [1.807, 2.05) is 0 Å². The molecule has 0 aliphatic carbocycles. The van der Waals surface area contributed by atoms with Crippen molar-refractivity contribution in [1.82, 2.24) is 10.3 Å². The third-order valence-electron chi connectivity index (χ3n) is 1.95. The van der Waals surface area contributed by atoms with Crippen LogP contribution in [0.25, 0.3) is 0 Å². The molecule has 0 radical (unpaired) electrons. The van der Waals surface area contributed by atoms with E-state index in [-0.39, 0.29) is 18.0 Å². The second-order valence-corrected chi connectivity index (χ2v) is 3.12. The highest BCUT2D eigenvalue weighted by atomic mass is 16.5. The summed E-state index contributed by atoms with van der Waals surface area (Å²) in [5, 5.41) is 19.7. The number of aliphatic hydroxyl groups is 1. The van der Waals surface area contributed by atoms with E-state index >= 15 is 0 Å². The number of carbonyl (C=O) groups excluding carboxylic acids is 1. The van der Waals surface area contributed by atoms with Crippen LogP contribution in [-0.4, -0.2) is 46.8 Å². The number of carboxylic acid groups (broad SMARTS) is 1. The van der Waals surface area contributed by atoms with E-state index in [0.29, 0.717) is 0 Å². The van der Waals surface area contributed by atoms with Crippen molar-refractivity contribution in [2.75, 3.05) is 13.7 Å². The van der Waals surface area contributed by atoms with E-state index in [1.165, 1.54) is 19.4 Å². The summed E-state index contributed by atoms with van der Waals surface area (Å²) in [5.74, 6) is -1.83. The Hall–Kier alpha value is -2.15. The molecule has 1 aromatic rings. The predicted octanol–water partition coefficient (Wildman–Crippen LogP) is -0.735. The van der Waals surface area contributed by atoms with Gasteiger partial charge < -0.3 is 20.3 Å². The number of carbonyl (C=O) groups is 2. The first-order valence-electron chi connectivity index (χ1n) is 4.74. The third kappa shape index (κ3) is 3.42. The molecule has 0 aliphatic rings. The molecule has 0 unspecified atom stereocenters. The number of methoxy groups -OCH3 is 1. The molecular formula is C10H12N2O5. The molecule has 1 heterocycles. The zero-order valence-corrected chi connectivity index (χ0v) is 9.08. The average molecular weight is 240 g/mol. The van der Waals surface area contributed by atoms with Gasteiger partial charge in [-0.3, -0.25) is 4.79 Å². The summed E-state index contributed by atoms with van der Waals surface area (Å²) in [6.07, 6.45) is -0.177. The summed E-state index contributed by atoms with van der Waals surface area (Å²) >= 11 is 0. The molecule has 7 nitrogen and oxygen atoms in total. The van der Waals surface area contributed by atoms with Gasteiger partial charge >= 0.3 is 5.97 Å². The summed E-state index contributed by atoms with van der Waals surface area (Å²) < 4.78 is 4.87. The molecule has 17 heavy (non-hydrogen) atoms. The van der Waals surface area contributed by atoms with E-state index in [1.54, 1.807) is 6.07 Å². The molecule has 7 heteroatoms. The monoisotopic (exact) mass is 240 g/mol. The van der Waals surface area contributed by atoms with Crippen molar-refractivity contribution in [3.63, 3.8) is 0 Å². The van der Waals surface area contributed by atoms with Gasteiger partial charge in [-0.05, 0) is 12.1 Å². The van der Waals surface area contributed by atoms with Gasteiger partial charge in [-0.2, -0.15) is 0 Å². The van der Waals surface area contributed by atoms with E-state index in [9.17, 15) is 9.59 Å². The molecule has 0 fully saturated rings. The van der Waals surface area contributed by atoms with Crippen LogP contribution in [0.4, 0.5) is 0 Å². The summed E-state index contributed by atoms with van der Waals surface area (Å²) in [7, 11) is 1.37. The van der Waals surface area contributed by atoms with Crippen LogP contribution >= 0.6 is 0 Å². The van der Waals surface area contributed by atoms with Gasteiger partial charge in [0.25, 0.3) is 5.91 Å². The average Bonchev–Trinajstić information content (AvgIpc) is 2.35. The number of rotatable bonds is 5. The number of ether oxygens (including phenoxy) is 1. The van der Waals surface area contributed by atoms with Crippen LogP contribution in [0.5, 0.6) is 5.88 Å². The fourth-order valence-electron chi connectivity index (χ4n) is 1.10. The quantitative estimate of drug-likeness (QED) is 0.625. The van der Waals surface area contributed by atoms with Gasteiger partial charge in [0.05, 0.1) is 13.7 Å². The third-order valence-corrected chi connectivity index (χ3v) is 1.95. The number of amides is 1. The van der Waals surface area contributed by atoms with Crippen LogP contribution in [0.2, 0.25) is 0 Å². The fourth-order valence-corrected chi connectivity index (χ4v) is 1.10. The molecule has 1 atom stereocenters. The maximum atomic E-state index is 11.6. The number of aliphatic carboxylic acids is 1. The SMILES string of the molecule is COc1ncccc1C(=O)NC[C@H](O)C(=O)O. The molecule has 1 amide bonds. The maximum Gasteiger partial charge on any atom is 0.334 e. The van der Waals surface area contributed by atoms with Crippen molar-refractivity contribution in [2.24, 2.45) is 0 Å². The second-order valence-electron chi connectivity index (χ2n) is 3.12. The smallest absolute Gasteiger partial charge is 0.334 e. The molecule has 92 valence electrons. The number of aliphatic hydroxyl groups excluding tert-OH is 1. The zero-order chi connectivity index (χ0) is 12.8. The van der Waals surface area contributed by atoms with Crippen LogP contribution in [-0.2, 0) is 4.79 Å². The van der Waals surface area contributed by atoms with Gasteiger partial charge in [-0.25, -0.2) is 9.78 Å². The lowest BCUT2D eigenvalue weighted by molar-refractivity contribution is -0.146. The summed E-state index contributed by atoms with van der Waals surface area (Å²) in [5.41, 5.74) is 0.174. The molecule has 0 saturated heterocycles. The molecular weight excluding hydrogens is 228 g/mol. The highest BCUT2D eigenvalue weighted by Gasteiger charge is 2.17. The highest BCUT2D eigenvalue weighted by molar-refractivity contribution is 5.96. The Bertz CT molecular complexity index is 421. The van der Waals surface area contributed by atoms with Crippen LogP contribution in [0, 0.1) is 0 Å².